The van der Waals surface area contributed by atoms with Crippen molar-refractivity contribution < 1.29 is 5.11 Å². The van der Waals surface area contributed by atoms with E-state index in [2.05, 4.69) is 26.0 Å². The van der Waals surface area contributed by atoms with Gasteiger partial charge in [-0.1, -0.05) is 231 Å². The lowest BCUT2D eigenvalue weighted by Gasteiger charge is -2.18. The van der Waals surface area contributed by atoms with E-state index in [9.17, 15) is 5.11 Å². The molecule has 0 amide bonds. The van der Waals surface area contributed by atoms with Crippen molar-refractivity contribution in [2.24, 2.45) is 0 Å². The van der Waals surface area contributed by atoms with E-state index in [1.54, 1.807) is 0 Å². The Hall–Kier alpha value is -0.980. The quantitative estimate of drug-likeness (QED) is 0.0756. The van der Waals surface area contributed by atoms with Gasteiger partial charge in [0.05, 0.1) is 0 Å². The van der Waals surface area contributed by atoms with Crippen LogP contribution in [0.3, 0.4) is 0 Å². The summed E-state index contributed by atoms with van der Waals surface area (Å²) in [5, 5.41) is 9.79. The number of unbranched alkanes of at least 4 members (excludes halogenated alkanes) is 30. The van der Waals surface area contributed by atoms with Crippen LogP contribution in [-0.4, -0.2) is 5.11 Å². The topological polar surface area (TPSA) is 20.2 Å². The molecule has 0 bridgehead atoms. The van der Waals surface area contributed by atoms with Crippen LogP contribution in [0.15, 0.2) is 24.3 Å². The molecule has 1 aromatic rings. The molecule has 1 rings (SSSR count). The van der Waals surface area contributed by atoms with Gasteiger partial charge < -0.3 is 5.11 Å². The molecule has 1 aromatic carbocycles. The third-order valence-corrected chi connectivity index (χ3v) is 10.2. The number of hydrogen-bond acceptors (Lipinski definition) is 1. The first-order valence-electron chi connectivity index (χ1n) is 20.6. The molecule has 0 saturated carbocycles. The van der Waals surface area contributed by atoms with Crippen LogP contribution in [0.1, 0.15) is 244 Å². The zero-order valence-electron chi connectivity index (χ0n) is 30.4. The number of phenolic OH excluding ortho intramolecular Hbond substituents is 1. The summed E-state index contributed by atoms with van der Waals surface area (Å²) in [5.41, 5.74) is 1.45. The monoisotopic (exact) mass is 613 g/mol. The van der Waals surface area contributed by atoms with E-state index in [-0.39, 0.29) is 0 Å². The second-order valence-corrected chi connectivity index (χ2v) is 14.5. The summed E-state index contributed by atoms with van der Waals surface area (Å²) in [5.74, 6) is 1.08. The second-order valence-electron chi connectivity index (χ2n) is 14.5. The summed E-state index contributed by atoms with van der Waals surface area (Å²) < 4.78 is 0. The van der Waals surface area contributed by atoms with E-state index < -0.39 is 0 Å². The van der Waals surface area contributed by atoms with Crippen LogP contribution in [0.4, 0.5) is 0 Å². The van der Waals surface area contributed by atoms with Crippen molar-refractivity contribution >= 4 is 0 Å². The maximum atomic E-state index is 9.79. The molecule has 1 nitrogen and oxygen atoms in total. The molecule has 0 fully saturated rings. The summed E-state index contributed by atoms with van der Waals surface area (Å²) in [6.07, 6.45) is 48.6. The molecule has 0 radical (unpaired) electrons. The number of aromatic hydroxyl groups is 1. The average Bonchev–Trinajstić information content (AvgIpc) is 3.03. The highest BCUT2D eigenvalue weighted by molar-refractivity contribution is 5.28. The molecule has 0 spiro atoms. The Bertz CT molecular complexity index is 628. The van der Waals surface area contributed by atoms with E-state index in [0.29, 0.717) is 11.7 Å². The maximum Gasteiger partial charge on any atom is 0.115 e. The minimum atomic E-state index is 0.400. The molecule has 1 heteroatoms. The zero-order chi connectivity index (χ0) is 31.6. The molecule has 0 aliphatic heterocycles. The molecular formula is C43H80O. The molecule has 0 unspecified atom stereocenters. The molecule has 0 saturated heterocycles. The molecule has 258 valence electrons. The van der Waals surface area contributed by atoms with E-state index in [4.69, 9.17) is 0 Å². The summed E-state index contributed by atoms with van der Waals surface area (Å²) >= 11 is 0. The first-order valence-corrected chi connectivity index (χ1v) is 20.6. The van der Waals surface area contributed by atoms with Crippen LogP contribution in [0.25, 0.3) is 0 Å². The number of benzene rings is 1. The average molecular weight is 613 g/mol. The number of phenols is 1. The highest BCUT2D eigenvalue weighted by Crippen LogP contribution is 2.30. The van der Waals surface area contributed by atoms with Crippen molar-refractivity contribution in [3.8, 4) is 5.75 Å². The Morgan fingerprint density at radius 1 is 0.341 bits per heavy atom. The van der Waals surface area contributed by atoms with Gasteiger partial charge in [-0.2, -0.15) is 0 Å². The molecule has 0 aromatic heterocycles. The van der Waals surface area contributed by atoms with Crippen LogP contribution in [0.5, 0.6) is 5.75 Å². The summed E-state index contributed by atoms with van der Waals surface area (Å²) in [6.45, 7) is 4.61. The zero-order valence-corrected chi connectivity index (χ0v) is 30.4. The molecule has 0 aliphatic carbocycles. The third-order valence-electron chi connectivity index (χ3n) is 10.2. The van der Waals surface area contributed by atoms with Gasteiger partial charge in [0.1, 0.15) is 5.75 Å². The van der Waals surface area contributed by atoms with Gasteiger partial charge in [-0.25, -0.2) is 0 Å². The van der Waals surface area contributed by atoms with Crippen LogP contribution in [0, 0.1) is 0 Å². The molecule has 44 heavy (non-hydrogen) atoms. The first-order chi connectivity index (χ1) is 21.8. The highest BCUT2D eigenvalue weighted by atomic mass is 16.3. The Morgan fingerprint density at radius 3 is 0.818 bits per heavy atom. The van der Waals surface area contributed by atoms with Gasteiger partial charge >= 0.3 is 0 Å². The summed E-state index contributed by atoms with van der Waals surface area (Å²) in [4.78, 5) is 0. The first kappa shape index (κ1) is 41.0. The predicted octanol–water partition coefficient (Wildman–Crippen LogP) is 15.8. The fourth-order valence-electron chi connectivity index (χ4n) is 7.10. The van der Waals surface area contributed by atoms with Crippen LogP contribution < -0.4 is 0 Å². The van der Waals surface area contributed by atoms with E-state index in [1.807, 2.05) is 12.1 Å². The minimum Gasteiger partial charge on any atom is -0.508 e. The number of rotatable bonds is 35. The van der Waals surface area contributed by atoms with Crippen LogP contribution >= 0.6 is 0 Å². The van der Waals surface area contributed by atoms with E-state index >= 15 is 0 Å². The van der Waals surface area contributed by atoms with E-state index in [1.165, 1.54) is 224 Å². The van der Waals surface area contributed by atoms with Gasteiger partial charge in [-0.05, 0) is 36.5 Å². The van der Waals surface area contributed by atoms with Crippen LogP contribution in [-0.2, 0) is 0 Å². The Balaban J connectivity index is 2.01. The van der Waals surface area contributed by atoms with Crippen molar-refractivity contribution in [1.82, 2.24) is 0 Å². The van der Waals surface area contributed by atoms with Crippen molar-refractivity contribution in [3.63, 3.8) is 0 Å². The van der Waals surface area contributed by atoms with Gasteiger partial charge in [-0.3, -0.25) is 0 Å². The van der Waals surface area contributed by atoms with Gasteiger partial charge in [0, 0.05) is 0 Å². The normalized spacial score (nSPS) is 11.6. The van der Waals surface area contributed by atoms with Gasteiger partial charge in [0.25, 0.3) is 0 Å². The van der Waals surface area contributed by atoms with E-state index in [0.717, 1.165) is 0 Å². The lowest BCUT2D eigenvalue weighted by atomic mass is 9.88. The molecule has 0 aliphatic rings. The van der Waals surface area contributed by atoms with Crippen LogP contribution in [0.2, 0.25) is 0 Å². The Labute approximate surface area is 278 Å². The molecule has 0 heterocycles. The van der Waals surface area contributed by atoms with Gasteiger partial charge in [0.2, 0.25) is 0 Å². The molecular weight excluding hydrogens is 532 g/mol. The molecule has 1 N–H and O–H groups in total. The van der Waals surface area contributed by atoms with Crippen molar-refractivity contribution in [1.29, 1.82) is 0 Å². The maximum absolute atomic E-state index is 9.79. The SMILES string of the molecule is CCCCCCCCCCCCCCCCCCC(CCCCCCCCCCCCCCCCCC)c1ccc(O)cc1. The second kappa shape index (κ2) is 33.4. The lowest BCUT2D eigenvalue weighted by Crippen LogP contribution is -2.00. The highest BCUT2D eigenvalue weighted by Gasteiger charge is 2.11. The third kappa shape index (κ3) is 27.3. The molecule has 0 atom stereocenters. The van der Waals surface area contributed by atoms with Gasteiger partial charge in [-0.15, -0.1) is 0 Å². The fourth-order valence-corrected chi connectivity index (χ4v) is 7.10. The minimum absolute atomic E-state index is 0.400. The smallest absolute Gasteiger partial charge is 0.115 e. The van der Waals surface area contributed by atoms with Crippen molar-refractivity contribution in [2.45, 2.75) is 238 Å². The summed E-state index contributed by atoms with van der Waals surface area (Å²) in [6, 6.07) is 8.14. The predicted molar refractivity (Wildman–Crippen MR) is 199 cm³/mol. The standard InChI is InChI=1S/C43H80O/c1-3-5-7-9-11-13-15-17-19-21-23-25-27-29-31-33-35-41(42-37-39-43(44)40-38-42)36-34-32-30-28-26-24-22-20-18-16-14-12-10-8-6-4-2/h37-41,44H,3-36H2,1-2H3. The Morgan fingerprint density at radius 2 is 0.568 bits per heavy atom. The van der Waals surface area contributed by atoms with Crippen molar-refractivity contribution in [2.75, 3.05) is 0 Å². The Kier molecular flexibility index (Phi) is 31.1. The fraction of sp³-hybridized carbons (Fsp3) is 0.860. The van der Waals surface area contributed by atoms with Crippen molar-refractivity contribution in [3.05, 3.63) is 29.8 Å². The largest absolute Gasteiger partial charge is 0.508 e. The number of hydrogen-bond donors (Lipinski definition) is 1. The lowest BCUT2D eigenvalue weighted by molar-refractivity contribution is 0.470. The summed E-state index contributed by atoms with van der Waals surface area (Å²) in [7, 11) is 0. The van der Waals surface area contributed by atoms with Gasteiger partial charge in [0.15, 0.2) is 0 Å².